The van der Waals surface area contributed by atoms with Gasteiger partial charge in [-0.15, -0.1) is 0 Å². The van der Waals surface area contributed by atoms with E-state index in [9.17, 15) is 14.4 Å². The molecule has 1 heterocycles. The number of nitrogens with two attached hydrogens (primary N) is 1. The molecule has 1 aliphatic heterocycles. The van der Waals surface area contributed by atoms with Gasteiger partial charge < -0.3 is 5.73 Å². The molecule has 1 atom stereocenters. The highest BCUT2D eigenvalue weighted by atomic mass is 16.2. The summed E-state index contributed by atoms with van der Waals surface area (Å²) in [4.78, 5) is 37.4. The summed E-state index contributed by atoms with van der Waals surface area (Å²) in [5, 5.41) is 0. The minimum Gasteiger partial charge on any atom is -0.330 e. The molecule has 0 aliphatic carbocycles. The third-order valence-electron chi connectivity index (χ3n) is 2.63. The first-order valence-electron chi connectivity index (χ1n) is 5.26. The number of amides is 4. The molecule has 0 aromatic carbocycles. The summed E-state index contributed by atoms with van der Waals surface area (Å²) in [7, 11) is 1.38. The van der Waals surface area contributed by atoms with E-state index in [-0.39, 0.29) is 19.0 Å². The van der Waals surface area contributed by atoms with Gasteiger partial charge in [0.2, 0.25) is 11.8 Å². The van der Waals surface area contributed by atoms with Crippen LogP contribution < -0.4 is 5.73 Å². The van der Waals surface area contributed by atoms with Gasteiger partial charge in [-0.2, -0.15) is 0 Å². The second-order valence-electron chi connectivity index (χ2n) is 4.11. The van der Waals surface area contributed by atoms with Crippen molar-refractivity contribution in [2.45, 2.75) is 26.3 Å². The minimum absolute atomic E-state index is 0.246. The monoisotopic (exact) mass is 227 g/mol. The zero-order valence-electron chi connectivity index (χ0n) is 9.77. The molecule has 2 N–H and O–H groups in total. The summed E-state index contributed by atoms with van der Waals surface area (Å²) >= 11 is 0. The molecule has 0 saturated carbocycles. The molecule has 1 fully saturated rings. The zero-order chi connectivity index (χ0) is 12.5. The Kier molecular flexibility index (Phi) is 3.64. The standard InChI is InChI=1S/C10H17N3O3/c1-6(2)13-9(15)7(4-5-11)8(14)12(3)10(13)16/h6-7H,4-5,11H2,1-3H3. The molecule has 90 valence electrons. The fourth-order valence-corrected chi connectivity index (χ4v) is 1.75. The van der Waals surface area contributed by atoms with Gasteiger partial charge in [-0.1, -0.05) is 0 Å². The molecule has 6 heteroatoms. The molecule has 0 radical (unpaired) electrons. The maximum absolute atomic E-state index is 11.9. The lowest BCUT2D eigenvalue weighted by Gasteiger charge is -2.37. The van der Waals surface area contributed by atoms with Crippen molar-refractivity contribution in [3.8, 4) is 0 Å². The third kappa shape index (κ3) is 1.92. The van der Waals surface area contributed by atoms with Gasteiger partial charge in [0.15, 0.2) is 0 Å². The maximum atomic E-state index is 11.9. The quantitative estimate of drug-likeness (QED) is 0.676. The lowest BCUT2D eigenvalue weighted by molar-refractivity contribution is -0.149. The van der Waals surface area contributed by atoms with E-state index in [0.717, 1.165) is 9.80 Å². The van der Waals surface area contributed by atoms with Crippen LogP contribution in [0.1, 0.15) is 20.3 Å². The Morgan fingerprint density at radius 3 is 2.25 bits per heavy atom. The average Bonchev–Trinajstić information content (AvgIpc) is 2.21. The van der Waals surface area contributed by atoms with Crippen LogP contribution in [-0.2, 0) is 9.59 Å². The number of imide groups is 2. The molecule has 0 spiro atoms. The van der Waals surface area contributed by atoms with Crippen molar-refractivity contribution >= 4 is 17.8 Å². The van der Waals surface area contributed by atoms with Gasteiger partial charge in [-0.3, -0.25) is 19.4 Å². The molecule has 4 amide bonds. The van der Waals surface area contributed by atoms with Crippen molar-refractivity contribution in [3.05, 3.63) is 0 Å². The number of barbiturate groups is 1. The van der Waals surface area contributed by atoms with Gasteiger partial charge in [0.1, 0.15) is 5.92 Å². The highest BCUT2D eigenvalue weighted by molar-refractivity contribution is 6.16. The molecule has 6 nitrogen and oxygen atoms in total. The largest absolute Gasteiger partial charge is 0.333 e. The van der Waals surface area contributed by atoms with Crippen molar-refractivity contribution in [2.75, 3.05) is 13.6 Å². The first kappa shape index (κ1) is 12.6. The van der Waals surface area contributed by atoms with Crippen LogP contribution in [0.25, 0.3) is 0 Å². The van der Waals surface area contributed by atoms with Gasteiger partial charge in [-0.25, -0.2) is 4.79 Å². The van der Waals surface area contributed by atoms with Gasteiger partial charge in [0, 0.05) is 13.1 Å². The number of carbonyl (C=O) groups excluding carboxylic acids is 3. The van der Waals surface area contributed by atoms with Crippen LogP contribution in [0.15, 0.2) is 0 Å². The SMILES string of the molecule is CC(C)N1C(=O)C(CCN)C(=O)N(C)C1=O. The molecule has 0 bridgehead atoms. The molecule has 1 saturated heterocycles. The van der Waals surface area contributed by atoms with Crippen molar-refractivity contribution in [2.24, 2.45) is 11.7 Å². The third-order valence-corrected chi connectivity index (χ3v) is 2.63. The van der Waals surface area contributed by atoms with Crippen LogP contribution in [0.2, 0.25) is 0 Å². The van der Waals surface area contributed by atoms with Gasteiger partial charge >= 0.3 is 6.03 Å². The van der Waals surface area contributed by atoms with Crippen LogP contribution >= 0.6 is 0 Å². The van der Waals surface area contributed by atoms with E-state index >= 15 is 0 Å². The van der Waals surface area contributed by atoms with Crippen LogP contribution in [0.5, 0.6) is 0 Å². The summed E-state index contributed by atoms with van der Waals surface area (Å²) in [5.74, 6) is -1.71. The van der Waals surface area contributed by atoms with E-state index in [2.05, 4.69) is 0 Å². The predicted molar refractivity (Wildman–Crippen MR) is 57.3 cm³/mol. The lowest BCUT2D eigenvalue weighted by atomic mass is 9.99. The average molecular weight is 227 g/mol. The van der Waals surface area contributed by atoms with E-state index < -0.39 is 23.8 Å². The Morgan fingerprint density at radius 2 is 1.81 bits per heavy atom. The van der Waals surface area contributed by atoms with Crippen molar-refractivity contribution in [1.29, 1.82) is 0 Å². The topological polar surface area (TPSA) is 83.7 Å². The molecular formula is C10H17N3O3. The zero-order valence-corrected chi connectivity index (χ0v) is 9.77. The molecule has 1 rings (SSSR count). The van der Waals surface area contributed by atoms with Gasteiger partial charge in [0.25, 0.3) is 0 Å². The first-order valence-corrected chi connectivity index (χ1v) is 5.26. The Labute approximate surface area is 94.4 Å². The van der Waals surface area contributed by atoms with E-state index in [1.54, 1.807) is 13.8 Å². The van der Waals surface area contributed by atoms with Gasteiger partial charge in [0.05, 0.1) is 0 Å². The summed E-state index contributed by atoms with van der Waals surface area (Å²) in [6, 6.07) is -0.811. The maximum Gasteiger partial charge on any atom is 0.333 e. The van der Waals surface area contributed by atoms with E-state index in [1.807, 2.05) is 0 Å². The molecule has 0 aromatic heterocycles. The number of rotatable bonds is 3. The van der Waals surface area contributed by atoms with Crippen molar-refractivity contribution < 1.29 is 14.4 Å². The molecule has 0 aromatic rings. The second kappa shape index (κ2) is 4.61. The highest BCUT2D eigenvalue weighted by Gasteiger charge is 2.44. The number of urea groups is 1. The summed E-state index contributed by atoms with van der Waals surface area (Å²) in [6.45, 7) is 3.72. The Balaban J connectivity index is 3.02. The van der Waals surface area contributed by atoms with E-state index in [4.69, 9.17) is 5.73 Å². The smallest absolute Gasteiger partial charge is 0.330 e. The van der Waals surface area contributed by atoms with E-state index in [0.29, 0.717) is 0 Å². The minimum atomic E-state index is -0.810. The normalized spacial score (nSPS) is 22.3. The predicted octanol–water partition coefficient (Wildman–Crippen LogP) is -0.220. The van der Waals surface area contributed by atoms with Crippen molar-refractivity contribution in [3.63, 3.8) is 0 Å². The summed E-state index contributed by atoms with van der Waals surface area (Å²) in [6.07, 6.45) is 0.276. The fourth-order valence-electron chi connectivity index (χ4n) is 1.75. The lowest BCUT2D eigenvalue weighted by Crippen LogP contribution is -2.60. The number of hydrogen-bond donors (Lipinski definition) is 1. The highest BCUT2D eigenvalue weighted by Crippen LogP contribution is 2.20. The summed E-state index contributed by atoms with van der Waals surface area (Å²) < 4.78 is 0. The molecule has 1 unspecified atom stereocenters. The number of nitrogens with zero attached hydrogens (tertiary/aromatic N) is 2. The van der Waals surface area contributed by atoms with E-state index in [1.165, 1.54) is 7.05 Å². The molecule has 16 heavy (non-hydrogen) atoms. The fraction of sp³-hybridized carbons (Fsp3) is 0.700. The van der Waals surface area contributed by atoms with Crippen LogP contribution in [0.3, 0.4) is 0 Å². The van der Waals surface area contributed by atoms with Crippen LogP contribution in [-0.4, -0.2) is 47.3 Å². The second-order valence-corrected chi connectivity index (χ2v) is 4.11. The molecular weight excluding hydrogens is 210 g/mol. The first-order chi connectivity index (χ1) is 7.41. The number of hydrogen-bond acceptors (Lipinski definition) is 4. The van der Waals surface area contributed by atoms with Crippen LogP contribution in [0, 0.1) is 5.92 Å². The molecule has 1 aliphatic rings. The Hall–Kier alpha value is -1.43. The number of carbonyl (C=O) groups is 3. The summed E-state index contributed by atoms with van der Waals surface area (Å²) in [5.41, 5.74) is 5.36. The van der Waals surface area contributed by atoms with Gasteiger partial charge in [-0.05, 0) is 26.8 Å². The Morgan fingerprint density at radius 1 is 1.25 bits per heavy atom. The van der Waals surface area contributed by atoms with Crippen LogP contribution in [0.4, 0.5) is 4.79 Å². The Bertz CT molecular complexity index is 327. The van der Waals surface area contributed by atoms with Crippen molar-refractivity contribution in [1.82, 2.24) is 9.80 Å².